The van der Waals surface area contributed by atoms with Gasteiger partial charge < -0.3 is 0 Å². The quantitative estimate of drug-likeness (QED) is 0.763. The van der Waals surface area contributed by atoms with Crippen LogP contribution in [0.4, 0.5) is 0 Å². The van der Waals surface area contributed by atoms with Crippen LogP contribution >= 0.6 is 0 Å². The second-order valence-electron chi connectivity index (χ2n) is 6.99. The smallest absolute Gasteiger partial charge is 0.269 e. The monoisotopic (exact) mass is 379 g/mol. The highest BCUT2D eigenvalue weighted by Gasteiger charge is 2.27. The van der Waals surface area contributed by atoms with E-state index < -0.39 is 15.9 Å². The van der Waals surface area contributed by atoms with Gasteiger partial charge in [0, 0.05) is 25.1 Å². The van der Waals surface area contributed by atoms with Crippen LogP contribution in [0.3, 0.4) is 0 Å². The molecular formula is C18H25N3O4S. The molecule has 0 aromatic heterocycles. The highest BCUT2D eigenvalue weighted by atomic mass is 32.2. The first-order chi connectivity index (χ1) is 12.5. The summed E-state index contributed by atoms with van der Waals surface area (Å²) in [5.74, 6) is -0.254. The van der Waals surface area contributed by atoms with E-state index in [2.05, 4.69) is 10.9 Å². The number of hydrazine groups is 1. The van der Waals surface area contributed by atoms with Gasteiger partial charge in [-0.15, -0.1) is 0 Å². The summed E-state index contributed by atoms with van der Waals surface area (Å²) in [5, 5.41) is 0. The van der Waals surface area contributed by atoms with Crippen molar-refractivity contribution < 1.29 is 18.0 Å². The molecule has 8 heteroatoms. The number of nitrogens with one attached hydrogen (secondary N) is 2. The van der Waals surface area contributed by atoms with E-state index in [-0.39, 0.29) is 10.8 Å². The number of hydrogen-bond donors (Lipinski definition) is 2. The molecule has 1 heterocycles. The van der Waals surface area contributed by atoms with Crippen LogP contribution in [-0.2, 0) is 14.8 Å². The van der Waals surface area contributed by atoms with Crippen LogP contribution in [-0.4, -0.2) is 37.6 Å². The highest BCUT2D eigenvalue weighted by molar-refractivity contribution is 7.89. The molecule has 0 spiro atoms. The minimum atomic E-state index is -3.49. The van der Waals surface area contributed by atoms with Crippen molar-refractivity contribution in [2.24, 2.45) is 5.92 Å². The summed E-state index contributed by atoms with van der Waals surface area (Å²) in [6, 6.07) is 5.79. The summed E-state index contributed by atoms with van der Waals surface area (Å²) < 4.78 is 26.4. The molecule has 0 radical (unpaired) electrons. The number of carbonyl (C=O) groups excluding carboxylic acids is 2. The lowest BCUT2D eigenvalue weighted by Crippen LogP contribution is -2.42. The van der Waals surface area contributed by atoms with Gasteiger partial charge in [0.1, 0.15) is 0 Å². The number of amides is 2. The molecule has 1 saturated heterocycles. The van der Waals surface area contributed by atoms with Gasteiger partial charge in [-0.3, -0.25) is 20.4 Å². The first-order valence-corrected chi connectivity index (χ1v) is 10.6. The largest absolute Gasteiger partial charge is 0.273 e. The average molecular weight is 379 g/mol. The highest BCUT2D eigenvalue weighted by Crippen LogP contribution is 2.27. The molecule has 1 aliphatic heterocycles. The second kappa shape index (κ2) is 8.18. The Morgan fingerprint density at radius 1 is 0.962 bits per heavy atom. The van der Waals surface area contributed by atoms with Gasteiger partial charge in [-0.2, -0.15) is 4.31 Å². The van der Waals surface area contributed by atoms with E-state index >= 15 is 0 Å². The number of carbonyl (C=O) groups is 2. The van der Waals surface area contributed by atoms with Crippen molar-refractivity contribution in [3.05, 3.63) is 29.8 Å². The van der Waals surface area contributed by atoms with Crippen LogP contribution in [0.15, 0.2) is 29.2 Å². The summed E-state index contributed by atoms with van der Waals surface area (Å²) in [7, 11) is -3.49. The topological polar surface area (TPSA) is 95.6 Å². The van der Waals surface area contributed by atoms with Crippen LogP contribution in [0, 0.1) is 5.92 Å². The lowest BCUT2D eigenvalue weighted by Gasteiger charge is -2.15. The van der Waals surface area contributed by atoms with Crippen LogP contribution in [0.25, 0.3) is 0 Å². The summed E-state index contributed by atoms with van der Waals surface area (Å²) in [6.45, 7) is 1.08. The molecule has 0 unspecified atom stereocenters. The van der Waals surface area contributed by atoms with Crippen molar-refractivity contribution in [2.45, 2.75) is 49.8 Å². The molecule has 0 atom stereocenters. The second-order valence-corrected chi connectivity index (χ2v) is 8.93. The summed E-state index contributed by atoms with van der Waals surface area (Å²) in [5.41, 5.74) is 5.12. The van der Waals surface area contributed by atoms with E-state index in [1.807, 2.05) is 0 Å². The van der Waals surface area contributed by atoms with E-state index in [1.54, 1.807) is 0 Å². The van der Waals surface area contributed by atoms with Crippen LogP contribution in [0.1, 0.15) is 55.3 Å². The molecule has 3 rings (SSSR count). The Kier molecular flexibility index (Phi) is 5.93. The van der Waals surface area contributed by atoms with Crippen molar-refractivity contribution >= 4 is 21.8 Å². The first kappa shape index (κ1) is 18.8. The molecule has 2 fully saturated rings. The fourth-order valence-corrected chi connectivity index (χ4v) is 5.10. The summed E-state index contributed by atoms with van der Waals surface area (Å²) >= 11 is 0. The third-order valence-electron chi connectivity index (χ3n) is 5.08. The molecule has 0 bridgehead atoms. The van der Waals surface area contributed by atoms with Gasteiger partial charge >= 0.3 is 0 Å². The van der Waals surface area contributed by atoms with Crippen LogP contribution in [0.2, 0.25) is 0 Å². The zero-order valence-electron chi connectivity index (χ0n) is 14.7. The third-order valence-corrected chi connectivity index (χ3v) is 7.00. The van der Waals surface area contributed by atoms with Crippen molar-refractivity contribution in [3.8, 4) is 0 Å². The Morgan fingerprint density at radius 3 is 2.19 bits per heavy atom. The third kappa shape index (κ3) is 4.42. The Labute approximate surface area is 154 Å². The molecular weight excluding hydrogens is 354 g/mol. The van der Waals surface area contributed by atoms with Crippen LogP contribution in [0.5, 0.6) is 0 Å². The number of nitrogens with zero attached hydrogens (tertiary/aromatic N) is 1. The molecule has 1 aromatic rings. The zero-order valence-corrected chi connectivity index (χ0v) is 15.6. The predicted molar refractivity (Wildman–Crippen MR) is 96.6 cm³/mol. The lowest BCUT2D eigenvalue weighted by molar-refractivity contribution is -0.122. The number of hydrogen-bond acceptors (Lipinski definition) is 4. The van der Waals surface area contributed by atoms with E-state index in [4.69, 9.17) is 0 Å². The van der Waals surface area contributed by atoms with Gasteiger partial charge in [-0.1, -0.05) is 12.8 Å². The van der Waals surface area contributed by atoms with Gasteiger partial charge in [0.05, 0.1) is 4.90 Å². The Morgan fingerprint density at radius 2 is 1.58 bits per heavy atom. The van der Waals surface area contributed by atoms with E-state index in [9.17, 15) is 18.0 Å². The SMILES string of the molecule is O=C(CC1CCCC1)NNC(=O)c1ccc(S(=O)(=O)N2CCCC2)cc1. The fraction of sp³-hybridized carbons (Fsp3) is 0.556. The van der Waals surface area contributed by atoms with Gasteiger partial charge in [-0.25, -0.2) is 8.42 Å². The van der Waals surface area contributed by atoms with E-state index in [0.717, 1.165) is 38.5 Å². The molecule has 1 saturated carbocycles. The molecule has 26 heavy (non-hydrogen) atoms. The Bertz CT molecular complexity index is 749. The summed E-state index contributed by atoms with van der Waals surface area (Å²) in [6.07, 6.45) is 6.63. The van der Waals surface area contributed by atoms with Crippen molar-refractivity contribution in [1.82, 2.24) is 15.2 Å². The Hall–Kier alpha value is -1.93. The average Bonchev–Trinajstić information content (AvgIpc) is 3.34. The van der Waals surface area contributed by atoms with Gasteiger partial charge in [0.25, 0.3) is 5.91 Å². The van der Waals surface area contributed by atoms with Crippen molar-refractivity contribution in [1.29, 1.82) is 0 Å². The summed E-state index contributed by atoms with van der Waals surface area (Å²) in [4.78, 5) is 24.2. The fourth-order valence-electron chi connectivity index (χ4n) is 3.58. The molecule has 7 nitrogen and oxygen atoms in total. The number of benzene rings is 1. The van der Waals surface area contributed by atoms with Crippen LogP contribution < -0.4 is 10.9 Å². The van der Waals surface area contributed by atoms with Crippen molar-refractivity contribution in [3.63, 3.8) is 0 Å². The molecule has 2 aliphatic rings. The molecule has 1 aromatic carbocycles. The van der Waals surface area contributed by atoms with E-state index in [1.165, 1.54) is 28.6 Å². The minimum Gasteiger partial charge on any atom is -0.273 e. The molecule has 1 aliphatic carbocycles. The maximum absolute atomic E-state index is 12.5. The minimum absolute atomic E-state index is 0.182. The standard InChI is InChI=1S/C18H25N3O4S/c22-17(13-14-5-1-2-6-14)19-20-18(23)15-7-9-16(10-8-15)26(24,25)21-11-3-4-12-21/h7-10,14H,1-6,11-13H2,(H,19,22)(H,20,23). The van der Waals surface area contributed by atoms with Gasteiger partial charge in [-0.05, 0) is 55.9 Å². The zero-order chi connectivity index (χ0) is 18.6. The number of sulfonamides is 1. The molecule has 2 N–H and O–H groups in total. The predicted octanol–water partition coefficient (Wildman–Crippen LogP) is 1.81. The first-order valence-electron chi connectivity index (χ1n) is 9.16. The van der Waals surface area contributed by atoms with Crippen molar-refractivity contribution in [2.75, 3.05) is 13.1 Å². The number of rotatable bonds is 5. The maximum atomic E-state index is 12.5. The molecule has 142 valence electrons. The van der Waals surface area contributed by atoms with Gasteiger partial charge in [0.15, 0.2) is 0 Å². The Balaban J connectivity index is 1.54. The normalized spacial score (nSPS) is 18.8. The molecule has 2 amide bonds. The van der Waals surface area contributed by atoms with E-state index in [0.29, 0.717) is 31.0 Å². The maximum Gasteiger partial charge on any atom is 0.269 e. The lowest BCUT2D eigenvalue weighted by atomic mass is 10.0. The van der Waals surface area contributed by atoms with Gasteiger partial charge in [0.2, 0.25) is 15.9 Å².